The van der Waals surface area contributed by atoms with Crippen LogP contribution in [0.3, 0.4) is 0 Å². The van der Waals surface area contributed by atoms with Gasteiger partial charge in [0.25, 0.3) is 0 Å². The molecule has 0 aromatic heterocycles. The van der Waals surface area contributed by atoms with Crippen LogP contribution < -0.4 is 0 Å². The zero-order valence-electron chi connectivity index (χ0n) is 11.4. The molecule has 1 fully saturated rings. The van der Waals surface area contributed by atoms with Gasteiger partial charge in [-0.15, -0.1) is 0 Å². The summed E-state index contributed by atoms with van der Waals surface area (Å²) in [6.45, 7) is 8.32. The zero-order valence-corrected chi connectivity index (χ0v) is 11.4. The van der Waals surface area contributed by atoms with E-state index < -0.39 is 17.2 Å². The van der Waals surface area contributed by atoms with Crippen LogP contribution >= 0.6 is 0 Å². The largest absolute Gasteiger partial charge is 0.481 e. The SMILES string of the molecule is CC(C)(C)OC(=O)N1CC(C)(OCCC(=O)O)C1. The van der Waals surface area contributed by atoms with E-state index in [0.29, 0.717) is 13.1 Å². The molecule has 0 aliphatic carbocycles. The fourth-order valence-corrected chi connectivity index (χ4v) is 1.69. The molecule has 0 aromatic rings. The predicted octanol–water partition coefficient (Wildman–Crippen LogP) is 1.49. The second-order valence-electron chi connectivity index (χ2n) is 5.78. The molecule has 1 aliphatic rings. The first kappa shape index (κ1) is 14.8. The number of rotatable bonds is 4. The van der Waals surface area contributed by atoms with Gasteiger partial charge >= 0.3 is 12.1 Å². The molecule has 1 heterocycles. The van der Waals surface area contributed by atoms with Gasteiger partial charge in [-0.25, -0.2) is 4.79 Å². The molecule has 6 nitrogen and oxygen atoms in total. The number of hydrogen-bond donors (Lipinski definition) is 1. The monoisotopic (exact) mass is 259 g/mol. The summed E-state index contributed by atoms with van der Waals surface area (Å²) in [6.07, 6.45) is -0.385. The standard InChI is InChI=1S/C12H21NO5/c1-11(2,3)18-10(16)13-7-12(4,8-13)17-6-5-9(14)15/h5-8H2,1-4H3,(H,14,15). The van der Waals surface area contributed by atoms with Crippen molar-refractivity contribution in [2.75, 3.05) is 19.7 Å². The maximum absolute atomic E-state index is 11.7. The van der Waals surface area contributed by atoms with E-state index in [-0.39, 0.29) is 19.1 Å². The topological polar surface area (TPSA) is 76.1 Å². The molecule has 0 radical (unpaired) electrons. The second-order valence-corrected chi connectivity index (χ2v) is 5.78. The van der Waals surface area contributed by atoms with Crippen molar-refractivity contribution in [2.24, 2.45) is 0 Å². The number of carboxylic acids is 1. The highest BCUT2D eigenvalue weighted by atomic mass is 16.6. The normalized spacial score (nSPS) is 18.1. The minimum absolute atomic E-state index is 0.0258. The fraction of sp³-hybridized carbons (Fsp3) is 0.833. The second kappa shape index (κ2) is 5.14. The number of aliphatic carboxylic acids is 1. The van der Waals surface area contributed by atoms with E-state index >= 15 is 0 Å². The summed E-state index contributed by atoms with van der Waals surface area (Å²) < 4.78 is 10.7. The average Bonchev–Trinajstić information content (AvgIpc) is 2.10. The molecule has 0 aromatic carbocycles. The van der Waals surface area contributed by atoms with Crippen molar-refractivity contribution in [3.63, 3.8) is 0 Å². The van der Waals surface area contributed by atoms with Gasteiger partial charge in [0.15, 0.2) is 0 Å². The maximum atomic E-state index is 11.7. The summed E-state index contributed by atoms with van der Waals surface area (Å²) in [4.78, 5) is 23.6. The summed E-state index contributed by atoms with van der Waals surface area (Å²) in [7, 11) is 0. The first-order chi connectivity index (χ1) is 8.11. The first-order valence-corrected chi connectivity index (χ1v) is 5.95. The van der Waals surface area contributed by atoms with E-state index in [1.165, 1.54) is 0 Å². The Morgan fingerprint density at radius 2 is 1.89 bits per heavy atom. The third kappa shape index (κ3) is 4.52. The van der Waals surface area contributed by atoms with E-state index in [1.807, 2.05) is 27.7 Å². The van der Waals surface area contributed by atoms with Crippen LogP contribution in [0.15, 0.2) is 0 Å². The van der Waals surface area contributed by atoms with Gasteiger partial charge in [0.1, 0.15) is 11.2 Å². The summed E-state index contributed by atoms with van der Waals surface area (Å²) in [5.41, 5.74) is -0.959. The molecule has 1 saturated heterocycles. The third-order valence-corrected chi connectivity index (χ3v) is 2.47. The van der Waals surface area contributed by atoms with Crippen LogP contribution in [-0.4, -0.2) is 53.0 Å². The van der Waals surface area contributed by atoms with Gasteiger partial charge < -0.3 is 19.5 Å². The quantitative estimate of drug-likeness (QED) is 0.827. The van der Waals surface area contributed by atoms with E-state index in [9.17, 15) is 9.59 Å². The molecular formula is C12H21NO5. The number of carbonyl (C=O) groups excluding carboxylic acids is 1. The van der Waals surface area contributed by atoms with Crippen LogP contribution in [0.2, 0.25) is 0 Å². The molecule has 6 heteroatoms. The summed E-state index contributed by atoms with van der Waals surface area (Å²) in [5, 5.41) is 8.50. The van der Waals surface area contributed by atoms with Gasteiger partial charge in [0, 0.05) is 0 Å². The van der Waals surface area contributed by atoms with E-state index in [4.69, 9.17) is 14.6 Å². The van der Waals surface area contributed by atoms with Crippen molar-refractivity contribution >= 4 is 12.1 Å². The van der Waals surface area contributed by atoms with Crippen molar-refractivity contribution in [2.45, 2.75) is 45.3 Å². The van der Waals surface area contributed by atoms with E-state index in [1.54, 1.807) is 4.90 Å². The Morgan fingerprint density at radius 3 is 2.33 bits per heavy atom. The lowest BCUT2D eigenvalue weighted by Crippen LogP contribution is -2.63. The highest BCUT2D eigenvalue weighted by Crippen LogP contribution is 2.26. The lowest BCUT2D eigenvalue weighted by atomic mass is 9.97. The fourth-order valence-electron chi connectivity index (χ4n) is 1.69. The summed E-state index contributed by atoms with van der Waals surface area (Å²) >= 11 is 0. The number of carboxylic acid groups (broad SMARTS) is 1. The molecule has 1 rings (SSSR count). The molecule has 1 amide bonds. The van der Waals surface area contributed by atoms with Gasteiger partial charge in [-0.3, -0.25) is 4.79 Å². The molecule has 1 N–H and O–H groups in total. The van der Waals surface area contributed by atoms with Crippen LogP contribution in [0, 0.1) is 0 Å². The van der Waals surface area contributed by atoms with Crippen LogP contribution in [0.5, 0.6) is 0 Å². The molecule has 0 bridgehead atoms. The van der Waals surface area contributed by atoms with Crippen molar-refractivity contribution in [3.05, 3.63) is 0 Å². The third-order valence-electron chi connectivity index (χ3n) is 2.47. The molecule has 1 aliphatic heterocycles. The first-order valence-electron chi connectivity index (χ1n) is 5.95. The molecule has 0 atom stereocenters. The summed E-state index contributed by atoms with van der Waals surface area (Å²) in [5.74, 6) is -0.887. The van der Waals surface area contributed by atoms with Crippen LogP contribution in [-0.2, 0) is 14.3 Å². The van der Waals surface area contributed by atoms with Gasteiger partial charge in [-0.1, -0.05) is 0 Å². The number of hydrogen-bond acceptors (Lipinski definition) is 4. The summed E-state index contributed by atoms with van der Waals surface area (Å²) in [6, 6.07) is 0. The Balaban J connectivity index is 2.29. The Bertz CT molecular complexity index is 328. The Hall–Kier alpha value is -1.30. The Morgan fingerprint density at radius 1 is 1.33 bits per heavy atom. The number of carbonyl (C=O) groups is 2. The number of amides is 1. The van der Waals surface area contributed by atoms with Crippen molar-refractivity contribution in [3.8, 4) is 0 Å². The van der Waals surface area contributed by atoms with Crippen molar-refractivity contribution in [1.82, 2.24) is 4.90 Å². The highest BCUT2D eigenvalue weighted by molar-refractivity contribution is 5.69. The van der Waals surface area contributed by atoms with Gasteiger partial charge in [-0.2, -0.15) is 0 Å². The Kier molecular flexibility index (Phi) is 4.21. The maximum Gasteiger partial charge on any atom is 0.410 e. The van der Waals surface area contributed by atoms with E-state index in [0.717, 1.165) is 0 Å². The van der Waals surface area contributed by atoms with Crippen molar-refractivity contribution < 1.29 is 24.2 Å². The Labute approximate surface area is 107 Å². The zero-order chi connectivity index (χ0) is 14.0. The highest BCUT2D eigenvalue weighted by Gasteiger charge is 2.43. The lowest BCUT2D eigenvalue weighted by Gasteiger charge is -2.47. The minimum Gasteiger partial charge on any atom is -0.481 e. The molecule has 0 unspecified atom stereocenters. The lowest BCUT2D eigenvalue weighted by molar-refractivity contribution is -0.148. The van der Waals surface area contributed by atoms with Crippen LogP contribution in [0.1, 0.15) is 34.1 Å². The van der Waals surface area contributed by atoms with Crippen LogP contribution in [0.25, 0.3) is 0 Å². The molecular weight excluding hydrogens is 238 g/mol. The smallest absolute Gasteiger partial charge is 0.410 e. The van der Waals surface area contributed by atoms with Crippen LogP contribution in [0.4, 0.5) is 4.79 Å². The number of likely N-dealkylation sites (tertiary alicyclic amines) is 1. The molecule has 0 spiro atoms. The average molecular weight is 259 g/mol. The van der Waals surface area contributed by atoms with Gasteiger partial charge in [0.2, 0.25) is 0 Å². The molecule has 104 valence electrons. The number of ether oxygens (including phenoxy) is 2. The molecule has 18 heavy (non-hydrogen) atoms. The van der Waals surface area contributed by atoms with Gasteiger partial charge in [-0.05, 0) is 27.7 Å². The van der Waals surface area contributed by atoms with E-state index in [2.05, 4.69) is 0 Å². The number of nitrogens with zero attached hydrogens (tertiary/aromatic N) is 1. The predicted molar refractivity (Wildman–Crippen MR) is 64.4 cm³/mol. The molecule has 0 saturated carbocycles. The van der Waals surface area contributed by atoms with Gasteiger partial charge in [0.05, 0.1) is 26.1 Å². The minimum atomic E-state index is -0.887. The van der Waals surface area contributed by atoms with Crippen molar-refractivity contribution in [1.29, 1.82) is 0 Å².